The van der Waals surface area contributed by atoms with Gasteiger partial charge < -0.3 is 13.9 Å². The zero-order valence-corrected chi connectivity index (χ0v) is 25.9. The first-order valence-electron chi connectivity index (χ1n) is 14.6. The minimum Gasteiger partial charge on any atom is -0.493 e. The number of oxazole rings is 1. The highest BCUT2D eigenvalue weighted by atomic mass is 32.2. The van der Waals surface area contributed by atoms with Gasteiger partial charge in [0.15, 0.2) is 0 Å². The summed E-state index contributed by atoms with van der Waals surface area (Å²) in [5.74, 6) is 1.51. The third-order valence-electron chi connectivity index (χ3n) is 7.05. The van der Waals surface area contributed by atoms with E-state index in [9.17, 15) is 13.2 Å². The quantitative estimate of drug-likeness (QED) is 0.135. The van der Waals surface area contributed by atoms with Crippen LogP contribution in [0.3, 0.4) is 0 Å². The van der Waals surface area contributed by atoms with E-state index in [0.29, 0.717) is 35.6 Å². The summed E-state index contributed by atoms with van der Waals surface area (Å²) in [4.78, 5) is 17.5. The number of benzene rings is 4. The third kappa shape index (κ3) is 7.53. The summed E-state index contributed by atoms with van der Waals surface area (Å²) in [6.45, 7) is 5.94. The van der Waals surface area contributed by atoms with Crippen molar-refractivity contribution < 1.29 is 27.1 Å². The topological polar surface area (TPSA) is 98.9 Å². The van der Waals surface area contributed by atoms with Crippen molar-refractivity contribution >= 4 is 26.8 Å². The molecular formula is C35H36N2O6S. The fourth-order valence-corrected chi connectivity index (χ4v) is 6.35. The molecule has 0 bridgehead atoms. The van der Waals surface area contributed by atoms with Crippen LogP contribution >= 0.6 is 0 Å². The second-order valence-corrected chi connectivity index (χ2v) is 12.9. The minimum absolute atomic E-state index is 0.0109. The van der Waals surface area contributed by atoms with Crippen LogP contribution in [0.25, 0.3) is 22.2 Å². The number of ether oxygens (including phenoxy) is 2. The molecule has 8 nitrogen and oxygen atoms in total. The van der Waals surface area contributed by atoms with E-state index in [1.165, 1.54) is 4.31 Å². The summed E-state index contributed by atoms with van der Waals surface area (Å²) in [7, 11) is -4.05. The van der Waals surface area contributed by atoms with E-state index < -0.39 is 22.5 Å². The lowest BCUT2D eigenvalue weighted by Crippen LogP contribution is -2.36. The molecule has 0 saturated carbocycles. The van der Waals surface area contributed by atoms with E-state index in [1.807, 2.05) is 69.3 Å². The Morgan fingerprint density at radius 2 is 1.61 bits per heavy atom. The van der Waals surface area contributed by atoms with Gasteiger partial charge in [-0.1, -0.05) is 80.6 Å². The number of carbonyl (C=O) groups excluding carboxylic acids is 1. The maximum Gasteiger partial charge on any atom is 0.321 e. The molecule has 0 radical (unpaired) electrons. The first-order chi connectivity index (χ1) is 21.2. The zero-order valence-electron chi connectivity index (χ0n) is 25.1. The van der Waals surface area contributed by atoms with Crippen LogP contribution in [0.15, 0.2) is 106 Å². The van der Waals surface area contributed by atoms with Gasteiger partial charge >= 0.3 is 5.97 Å². The molecule has 0 spiro atoms. The number of sulfonamides is 1. The molecule has 9 heteroatoms. The Morgan fingerprint density at radius 1 is 0.909 bits per heavy atom. The molecule has 0 saturated heterocycles. The van der Waals surface area contributed by atoms with E-state index in [1.54, 1.807) is 48.5 Å². The molecule has 0 aliphatic carbocycles. The van der Waals surface area contributed by atoms with Crippen LogP contribution in [-0.4, -0.2) is 43.4 Å². The molecule has 0 aliphatic heterocycles. The molecule has 0 unspecified atom stereocenters. The van der Waals surface area contributed by atoms with Gasteiger partial charge in [0.2, 0.25) is 15.9 Å². The molecule has 5 aromatic rings. The van der Waals surface area contributed by atoms with Crippen LogP contribution in [0.2, 0.25) is 0 Å². The Morgan fingerprint density at radius 3 is 2.36 bits per heavy atom. The van der Waals surface area contributed by atoms with Gasteiger partial charge in [-0.2, -0.15) is 4.31 Å². The Labute approximate surface area is 258 Å². The predicted octanol–water partition coefficient (Wildman–Crippen LogP) is 6.81. The van der Waals surface area contributed by atoms with Crippen LogP contribution in [0.1, 0.15) is 30.9 Å². The average Bonchev–Trinajstić information content (AvgIpc) is 3.40. The van der Waals surface area contributed by atoms with E-state index in [-0.39, 0.29) is 24.0 Å². The largest absolute Gasteiger partial charge is 0.493 e. The molecule has 5 rings (SSSR count). The molecule has 1 aromatic heterocycles. The lowest BCUT2D eigenvalue weighted by Gasteiger charge is -2.23. The van der Waals surface area contributed by atoms with Crippen LogP contribution in [0, 0.1) is 12.8 Å². The Balaban J connectivity index is 1.28. The normalized spacial score (nSPS) is 11.8. The number of fused-ring (bicyclic) bond motifs is 1. The number of carbonyl (C=O) groups is 1. The maximum atomic E-state index is 14.0. The van der Waals surface area contributed by atoms with Crippen LogP contribution in [0.4, 0.5) is 0 Å². The van der Waals surface area contributed by atoms with Gasteiger partial charge in [-0.15, -0.1) is 0 Å². The van der Waals surface area contributed by atoms with Gasteiger partial charge in [-0.3, -0.25) is 4.79 Å². The summed E-state index contributed by atoms with van der Waals surface area (Å²) in [6, 6.07) is 29.4. The van der Waals surface area contributed by atoms with Gasteiger partial charge in [0.1, 0.15) is 18.1 Å². The first-order valence-corrected chi connectivity index (χ1v) is 16.0. The summed E-state index contributed by atoms with van der Waals surface area (Å²) in [5, 5.41) is 1.40. The second-order valence-electron chi connectivity index (χ2n) is 11.0. The SMILES string of the molecule is Cc1oc(-c2ccccc2)nc1CCOc1ccc(CN(CC(=O)OCC(C)C)S(=O)(=O)c2cccc3ccccc23)cc1. The summed E-state index contributed by atoms with van der Waals surface area (Å²) >= 11 is 0. The van der Waals surface area contributed by atoms with E-state index in [4.69, 9.17) is 13.9 Å². The monoisotopic (exact) mass is 612 g/mol. The number of esters is 1. The second kappa shape index (κ2) is 13.9. The molecular weight excluding hydrogens is 576 g/mol. The fourth-order valence-electron chi connectivity index (χ4n) is 4.76. The maximum absolute atomic E-state index is 14.0. The van der Waals surface area contributed by atoms with Crippen molar-refractivity contribution in [1.82, 2.24) is 9.29 Å². The van der Waals surface area contributed by atoms with Gasteiger partial charge in [-0.25, -0.2) is 13.4 Å². The van der Waals surface area contributed by atoms with E-state index in [2.05, 4.69) is 4.98 Å². The summed E-state index contributed by atoms with van der Waals surface area (Å²) < 4.78 is 46.2. The van der Waals surface area contributed by atoms with Crippen molar-refractivity contribution in [2.45, 2.75) is 38.6 Å². The fraction of sp³-hybridized carbons (Fsp3) is 0.257. The molecule has 0 fully saturated rings. The molecule has 4 aromatic carbocycles. The van der Waals surface area contributed by atoms with Crippen molar-refractivity contribution in [2.24, 2.45) is 5.92 Å². The third-order valence-corrected chi connectivity index (χ3v) is 8.90. The number of aryl methyl sites for hydroxylation is 1. The molecule has 228 valence electrons. The lowest BCUT2D eigenvalue weighted by molar-refractivity contribution is -0.145. The lowest BCUT2D eigenvalue weighted by atomic mass is 10.1. The summed E-state index contributed by atoms with van der Waals surface area (Å²) in [5.41, 5.74) is 2.46. The van der Waals surface area contributed by atoms with Crippen LogP contribution in [-0.2, 0) is 32.5 Å². The van der Waals surface area contributed by atoms with Crippen LogP contribution in [0.5, 0.6) is 5.75 Å². The highest BCUT2D eigenvalue weighted by Crippen LogP contribution is 2.27. The standard InChI is InChI=1S/C35H36N2O6S/c1-25(2)24-42-34(38)23-37(44(39,40)33-15-9-13-28-10-7-8-14-31(28)33)22-27-16-18-30(19-17-27)41-21-20-32-26(3)43-35(36-32)29-11-5-4-6-12-29/h4-19,25H,20-24H2,1-3H3. The highest BCUT2D eigenvalue weighted by Gasteiger charge is 2.29. The average molecular weight is 613 g/mol. The molecule has 0 amide bonds. The first kappa shape index (κ1) is 31.0. The van der Waals surface area contributed by atoms with E-state index >= 15 is 0 Å². The zero-order chi connectivity index (χ0) is 31.1. The molecule has 1 heterocycles. The van der Waals surface area contributed by atoms with E-state index in [0.717, 1.165) is 22.4 Å². The minimum atomic E-state index is -4.05. The van der Waals surface area contributed by atoms with Gasteiger partial charge in [0.25, 0.3) is 0 Å². The van der Waals surface area contributed by atoms with Crippen molar-refractivity contribution in [2.75, 3.05) is 19.8 Å². The molecule has 44 heavy (non-hydrogen) atoms. The van der Waals surface area contributed by atoms with Gasteiger partial charge in [0, 0.05) is 23.9 Å². The van der Waals surface area contributed by atoms with Crippen molar-refractivity contribution in [1.29, 1.82) is 0 Å². The number of nitrogens with zero attached hydrogens (tertiary/aromatic N) is 2. The Hall–Kier alpha value is -4.47. The number of hydrogen-bond acceptors (Lipinski definition) is 7. The number of aromatic nitrogens is 1. The van der Waals surface area contributed by atoms with Crippen molar-refractivity contribution in [3.05, 3.63) is 114 Å². The van der Waals surface area contributed by atoms with Gasteiger partial charge in [0.05, 0.1) is 23.8 Å². The van der Waals surface area contributed by atoms with Gasteiger partial charge in [-0.05, 0) is 54.1 Å². The van der Waals surface area contributed by atoms with Crippen molar-refractivity contribution in [3.8, 4) is 17.2 Å². The van der Waals surface area contributed by atoms with Crippen LogP contribution < -0.4 is 4.74 Å². The predicted molar refractivity (Wildman–Crippen MR) is 170 cm³/mol. The molecule has 0 aliphatic rings. The molecule has 0 atom stereocenters. The highest BCUT2D eigenvalue weighted by molar-refractivity contribution is 7.89. The number of rotatable bonds is 13. The number of hydrogen-bond donors (Lipinski definition) is 0. The molecule has 0 N–H and O–H groups in total. The smallest absolute Gasteiger partial charge is 0.321 e. The Kier molecular flexibility index (Phi) is 9.77. The van der Waals surface area contributed by atoms with Crippen molar-refractivity contribution in [3.63, 3.8) is 0 Å². The summed E-state index contributed by atoms with van der Waals surface area (Å²) in [6.07, 6.45) is 0.569. The Bertz CT molecular complexity index is 1810.